The Bertz CT molecular complexity index is 575. The summed E-state index contributed by atoms with van der Waals surface area (Å²) in [5.74, 6) is 0.212. The van der Waals surface area contributed by atoms with E-state index in [1.54, 1.807) is 0 Å². The molecule has 1 heterocycles. The maximum absolute atomic E-state index is 11.9. The van der Waals surface area contributed by atoms with Gasteiger partial charge in [-0.1, -0.05) is 5.16 Å². The molecule has 0 bridgehead atoms. The number of carbonyl (C=O) groups is 1. The number of amides is 1. The number of oxime groups is 1. The lowest BCUT2D eigenvalue weighted by molar-refractivity contribution is -0.384. The van der Waals surface area contributed by atoms with E-state index in [0.717, 1.165) is 0 Å². The van der Waals surface area contributed by atoms with Crippen molar-refractivity contribution < 1.29 is 19.7 Å². The summed E-state index contributed by atoms with van der Waals surface area (Å²) in [5, 5.41) is 22.3. The number of amidine groups is 1. The van der Waals surface area contributed by atoms with Gasteiger partial charge in [0.1, 0.15) is 6.61 Å². The molecule has 2 rings (SSSR count). The number of likely N-dealkylation sites (tertiary alicyclic amines) is 1. The number of nitro groups is 1. The predicted molar refractivity (Wildman–Crippen MR) is 76.6 cm³/mol. The summed E-state index contributed by atoms with van der Waals surface area (Å²) >= 11 is 4.22. The molecule has 1 amide bonds. The first-order chi connectivity index (χ1) is 10.0. The van der Waals surface area contributed by atoms with Crippen LogP contribution in [0.4, 0.5) is 10.5 Å². The van der Waals surface area contributed by atoms with Crippen molar-refractivity contribution in [3.63, 3.8) is 0 Å². The van der Waals surface area contributed by atoms with Crippen LogP contribution in [0.3, 0.4) is 0 Å². The second-order valence-corrected chi connectivity index (χ2v) is 5.19. The summed E-state index contributed by atoms with van der Waals surface area (Å²) in [6.45, 7) is 0.283. The Kier molecular flexibility index (Phi) is 4.63. The van der Waals surface area contributed by atoms with Crippen LogP contribution in [0.1, 0.15) is 12.0 Å². The molecule has 1 aliphatic heterocycles. The number of rotatable bonds is 3. The highest BCUT2D eigenvalue weighted by Gasteiger charge is 2.32. The smallest absolute Gasteiger partial charge is 0.415 e. The van der Waals surface area contributed by atoms with Gasteiger partial charge in [-0.2, -0.15) is 12.6 Å². The van der Waals surface area contributed by atoms with Gasteiger partial charge in [-0.05, 0) is 17.7 Å². The minimum Gasteiger partial charge on any atom is -0.444 e. The summed E-state index contributed by atoms with van der Waals surface area (Å²) in [6, 6.07) is 5.70. The molecule has 1 aromatic carbocycles. The van der Waals surface area contributed by atoms with Crippen molar-refractivity contribution in [3.8, 4) is 0 Å². The summed E-state index contributed by atoms with van der Waals surface area (Å²) in [7, 11) is 0. The first-order valence-electron chi connectivity index (χ1n) is 6.08. The van der Waals surface area contributed by atoms with E-state index in [1.165, 1.54) is 29.2 Å². The molecule has 1 atom stereocenters. The molecule has 0 spiro atoms. The third kappa shape index (κ3) is 3.63. The predicted octanol–water partition coefficient (Wildman–Crippen LogP) is 2.02. The van der Waals surface area contributed by atoms with Gasteiger partial charge >= 0.3 is 6.09 Å². The van der Waals surface area contributed by atoms with Crippen LogP contribution in [0, 0.1) is 10.1 Å². The Morgan fingerprint density at radius 2 is 2.19 bits per heavy atom. The highest BCUT2D eigenvalue weighted by molar-refractivity contribution is 7.81. The average molecular weight is 311 g/mol. The molecule has 0 aromatic heterocycles. The zero-order valence-electron chi connectivity index (χ0n) is 10.9. The number of hydrogen-bond donors (Lipinski definition) is 2. The molecule has 0 radical (unpaired) electrons. The van der Waals surface area contributed by atoms with Crippen LogP contribution in [0.5, 0.6) is 0 Å². The van der Waals surface area contributed by atoms with Crippen LogP contribution < -0.4 is 0 Å². The van der Waals surface area contributed by atoms with E-state index < -0.39 is 11.0 Å². The van der Waals surface area contributed by atoms with Crippen LogP contribution in [0.2, 0.25) is 0 Å². The van der Waals surface area contributed by atoms with Crippen molar-refractivity contribution in [1.82, 2.24) is 4.90 Å². The zero-order chi connectivity index (χ0) is 15.4. The minimum absolute atomic E-state index is 0.0245. The Morgan fingerprint density at radius 1 is 1.52 bits per heavy atom. The molecule has 0 saturated carbocycles. The van der Waals surface area contributed by atoms with Gasteiger partial charge in [0.25, 0.3) is 5.69 Å². The lowest BCUT2D eigenvalue weighted by Gasteiger charge is -2.15. The third-order valence-corrected chi connectivity index (χ3v) is 3.31. The zero-order valence-corrected chi connectivity index (χ0v) is 11.8. The van der Waals surface area contributed by atoms with Gasteiger partial charge in [-0.25, -0.2) is 4.79 Å². The van der Waals surface area contributed by atoms with Crippen molar-refractivity contribution >= 4 is 30.2 Å². The summed E-state index contributed by atoms with van der Waals surface area (Å²) in [5.41, 5.74) is 0.593. The molecule has 0 unspecified atom stereocenters. The Morgan fingerprint density at radius 3 is 2.76 bits per heavy atom. The number of benzene rings is 1. The molecule has 112 valence electrons. The fourth-order valence-corrected chi connectivity index (χ4v) is 2.24. The first-order valence-corrected chi connectivity index (χ1v) is 6.59. The second-order valence-electron chi connectivity index (χ2n) is 4.46. The van der Waals surface area contributed by atoms with Crippen molar-refractivity contribution in [1.29, 1.82) is 0 Å². The summed E-state index contributed by atoms with van der Waals surface area (Å²) in [4.78, 5) is 23.1. The third-order valence-electron chi connectivity index (χ3n) is 2.97. The van der Waals surface area contributed by atoms with Crippen molar-refractivity contribution in [3.05, 3.63) is 39.9 Å². The molecule has 21 heavy (non-hydrogen) atoms. The van der Waals surface area contributed by atoms with Crippen LogP contribution in [0.15, 0.2) is 29.4 Å². The molecule has 0 aliphatic carbocycles. The van der Waals surface area contributed by atoms with Gasteiger partial charge in [0.2, 0.25) is 0 Å². The molecule has 1 saturated heterocycles. The number of ether oxygens (including phenoxy) is 1. The van der Waals surface area contributed by atoms with E-state index in [2.05, 4.69) is 17.8 Å². The molecule has 8 nitrogen and oxygen atoms in total. The highest BCUT2D eigenvalue weighted by Crippen LogP contribution is 2.19. The Balaban J connectivity index is 1.93. The molecule has 1 fully saturated rings. The molecule has 9 heteroatoms. The highest BCUT2D eigenvalue weighted by atomic mass is 32.1. The maximum Gasteiger partial charge on any atom is 0.415 e. The van der Waals surface area contributed by atoms with E-state index in [4.69, 9.17) is 9.94 Å². The fourth-order valence-electron chi connectivity index (χ4n) is 1.91. The molecule has 1 aromatic rings. The maximum atomic E-state index is 11.9. The quantitative estimate of drug-likeness (QED) is 0.384. The summed E-state index contributed by atoms with van der Waals surface area (Å²) in [6.07, 6.45) is -0.260. The number of nitro benzene ring substituents is 1. The lowest BCUT2D eigenvalue weighted by atomic mass is 10.2. The largest absolute Gasteiger partial charge is 0.444 e. The minimum atomic E-state index is -0.641. The van der Waals surface area contributed by atoms with E-state index >= 15 is 0 Å². The number of thiol groups is 1. The number of carbonyl (C=O) groups excluding carboxylic acids is 1. The van der Waals surface area contributed by atoms with E-state index in [9.17, 15) is 14.9 Å². The monoisotopic (exact) mass is 311 g/mol. The van der Waals surface area contributed by atoms with E-state index in [-0.39, 0.29) is 23.4 Å². The number of hydrogen-bond acceptors (Lipinski definition) is 7. The van der Waals surface area contributed by atoms with Crippen LogP contribution in [-0.4, -0.2) is 38.8 Å². The van der Waals surface area contributed by atoms with Gasteiger partial charge < -0.3 is 9.94 Å². The van der Waals surface area contributed by atoms with Crippen molar-refractivity contribution in [2.75, 3.05) is 6.54 Å². The topological polar surface area (TPSA) is 105 Å². The summed E-state index contributed by atoms with van der Waals surface area (Å²) < 4.78 is 5.08. The van der Waals surface area contributed by atoms with E-state index in [0.29, 0.717) is 18.5 Å². The van der Waals surface area contributed by atoms with Gasteiger partial charge in [-0.3, -0.25) is 15.0 Å². The van der Waals surface area contributed by atoms with Crippen molar-refractivity contribution in [2.24, 2.45) is 5.16 Å². The van der Waals surface area contributed by atoms with Crippen LogP contribution in [0.25, 0.3) is 0 Å². The fraction of sp³-hybridized carbons (Fsp3) is 0.333. The number of non-ortho nitro benzene ring substituents is 1. The van der Waals surface area contributed by atoms with E-state index in [1.807, 2.05) is 0 Å². The number of nitrogens with zero attached hydrogens (tertiary/aromatic N) is 3. The lowest BCUT2D eigenvalue weighted by Crippen LogP contribution is -2.33. The second kappa shape index (κ2) is 6.44. The molecule has 1 aliphatic rings. The van der Waals surface area contributed by atoms with Gasteiger partial charge in [0, 0.05) is 30.3 Å². The Hall–Kier alpha value is -2.29. The Labute approximate surface area is 125 Å². The average Bonchev–Trinajstić information content (AvgIpc) is 2.86. The van der Waals surface area contributed by atoms with Gasteiger partial charge in [-0.15, -0.1) is 0 Å². The van der Waals surface area contributed by atoms with Gasteiger partial charge in [0.15, 0.2) is 5.84 Å². The normalized spacial score (nSPS) is 19.8. The molecule has 1 N–H and O–H groups in total. The van der Waals surface area contributed by atoms with Crippen LogP contribution in [-0.2, 0) is 11.3 Å². The van der Waals surface area contributed by atoms with Crippen molar-refractivity contribution in [2.45, 2.75) is 18.3 Å². The van der Waals surface area contributed by atoms with Gasteiger partial charge in [0.05, 0.1) is 4.92 Å². The first kappa shape index (κ1) is 15.1. The van der Waals surface area contributed by atoms with Crippen LogP contribution >= 0.6 is 12.6 Å². The SMILES string of the molecule is O=C(OCc1ccc([N+](=O)[O-])cc1)N1C[C@@H](S)C/C1=N/O. The molecular weight excluding hydrogens is 298 g/mol. The standard InChI is InChI=1S/C12H13N3O5S/c16-12(14-6-10(21)5-11(14)13-17)20-7-8-1-3-9(4-2-8)15(18)19/h1-4,10,17,21H,5-7H2/b13-11-/t10-/m0/s1. The molecular formula is C12H13N3O5S.